The smallest absolute Gasteiger partial charge is 0.261 e. The van der Waals surface area contributed by atoms with Crippen LogP contribution in [0.2, 0.25) is 5.02 Å². The van der Waals surface area contributed by atoms with Gasteiger partial charge < -0.3 is 5.32 Å². The van der Waals surface area contributed by atoms with Crippen molar-refractivity contribution in [2.75, 3.05) is 21.5 Å². The molecule has 1 heterocycles. The first-order valence-electron chi connectivity index (χ1n) is 10.8. The summed E-state index contributed by atoms with van der Waals surface area (Å²) in [4.78, 5) is 27.1. The van der Waals surface area contributed by atoms with Crippen LogP contribution in [0.3, 0.4) is 0 Å². The van der Waals surface area contributed by atoms with E-state index in [1.54, 1.807) is 31.2 Å². The number of carbonyl (C=O) groups excluding carboxylic acids is 2. The first-order chi connectivity index (χ1) is 16.7. The highest BCUT2D eigenvalue weighted by Gasteiger charge is 2.30. The molecule has 2 N–H and O–H groups in total. The van der Waals surface area contributed by atoms with Gasteiger partial charge in [0.05, 0.1) is 16.3 Å². The average molecular weight is 506 g/mol. The Morgan fingerprint density at radius 1 is 0.943 bits per heavy atom. The number of nitrogens with zero attached hydrogens (tertiary/aromatic N) is 1. The Hall–Kier alpha value is -3.88. The Bertz CT molecular complexity index is 1600. The second-order valence-corrected chi connectivity index (χ2v) is 10.3. The molecule has 1 aliphatic rings. The minimum absolute atomic E-state index is 0.0340. The number of halogens is 1. The molecular formula is C26H20ClN3O4S. The predicted molar refractivity (Wildman–Crippen MR) is 138 cm³/mol. The summed E-state index contributed by atoms with van der Waals surface area (Å²) in [6.07, 6.45) is 0. The van der Waals surface area contributed by atoms with Gasteiger partial charge in [0.25, 0.3) is 15.9 Å². The van der Waals surface area contributed by atoms with Crippen molar-refractivity contribution in [2.45, 2.75) is 11.8 Å². The maximum atomic E-state index is 12.9. The second kappa shape index (κ2) is 8.72. The summed E-state index contributed by atoms with van der Waals surface area (Å²) in [5.74, 6) is -0.623. The quantitative estimate of drug-likeness (QED) is 0.376. The zero-order chi connectivity index (χ0) is 24.7. The van der Waals surface area contributed by atoms with E-state index in [0.717, 1.165) is 10.8 Å². The van der Waals surface area contributed by atoms with Gasteiger partial charge in [0.1, 0.15) is 6.54 Å². The van der Waals surface area contributed by atoms with E-state index in [1.165, 1.54) is 29.2 Å². The normalized spacial score (nSPS) is 12.7. The number of amides is 2. The van der Waals surface area contributed by atoms with Crippen molar-refractivity contribution in [1.29, 1.82) is 0 Å². The van der Waals surface area contributed by atoms with Crippen LogP contribution in [-0.4, -0.2) is 26.8 Å². The minimum atomic E-state index is -3.85. The molecule has 4 aromatic carbocycles. The Labute approximate surface area is 207 Å². The van der Waals surface area contributed by atoms with E-state index in [9.17, 15) is 18.0 Å². The molecular weight excluding hydrogens is 486 g/mol. The Balaban J connectivity index is 1.29. The number of hydrogen-bond acceptors (Lipinski definition) is 4. The van der Waals surface area contributed by atoms with Crippen LogP contribution in [0.5, 0.6) is 0 Å². The van der Waals surface area contributed by atoms with E-state index < -0.39 is 15.9 Å². The third kappa shape index (κ3) is 4.22. The summed E-state index contributed by atoms with van der Waals surface area (Å²) in [6.45, 7) is 1.56. The summed E-state index contributed by atoms with van der Waals surface area (Å²) < 4.78 is 28.1. The molecule has 0 bridgehead atoms. The molecule has 0 saturated carbocycles. The Morgan fingerprint density at radius 2 is 1.63 bits per heavy atom. The van der Waals surface area contributed by atoms with Crippen LogP contribution in [0.1, 0.15) is 15.9 Å². The highest BCUT2D eigenvalue weighted by molar-refractivity contribution is 7.92. The molecule has 176 valence electrons. The van der Waals surface area contributed by atoms with Crippen molar-refractivity contribution in [3.63, 3.8) is 0 Å². The number of sulfonamides is 1. The molecule has 7 nitrogen and oxygen atoms in total. The fourth-order valence-corrected chi connectivity index (χ4v) is 5.42. The van der Waals surface area contributed by atoms with Gasteiger partial charge in [-0.3, -0.25) is 19.2 Å². The van der Waals surface area contributed by atoms with Crippen LogP contribution in [0.15, 0.2) is 83.8 Å². The molecule has 35 heavy (non-hydrogen) atoms. The molecule has 0 saturated heterocycles. The topological polar surface area (TPSA) is 95.6 Å². The van der Waals surface area contributed by atoms with E-state index in [-0.39, 0.29) is 17.3 Å². The van der Waals surface area contributed by atoms with Gasteiger partial charge in [0.2, 0.25) is 5.91 Å². The van der Waals surface area contributed by atoms with Crippen molar-refractivity contribution in [2.24, 2.45) is 0 Å². The van der Waals surface area contributed by atoms with Gasteiger partial charge in [-0.05, 0) is 66.4 Å². The first kappa shape index (κ1) is 22.9. The van der Waals surface area contributed by atoms with Gasteiger partial charge >= 0.3 is 0 Å². The maximum Gasteiger partial charge on any atom is 0.261 e. The lowest BCUT2D eigenvalue weighted by Gasteiger charge is -2.17. The summed E-state index contributed by atoms with van der Waals surface area (Å²) in [6, 6.07) is 21.9. The minimum Gasteiger partial charge on any atom is -0.325 e. The molecule has 1 aliphatic heterocycles. The Kier molecular flexibility index (Phi) is 5.70. The monoisotopic (exact) mass is 505 g/mol. The molecule has 0 fully saturated rings. The number of anilines is 3. The van der Waals surface area contributed by atoms with Crippen LogP contribution in [-0.2, 0) is 14.8 Å². The van der Waals surface area contributed by atoms with Gasteiger partial charge in [-0.25, -0.2) is 8.42 Å². The zero-order valence-electron chi connectivity index (χ0n) is 18.6. The molecule has 0 aromatic heterocycles. The van der Waals surface area contributed by atoms with Gasteiger partial charge in [-0.1, -0.05) is 41.9 Å². The number of hydrogen-bond donors (Lipinski definition) is 2. The van der Waals surface area contributed by atoms with Crippen molar-refractivity contribution < 1.29 is 18.0 Å². The van der Waals surface area contributed by atoms with Crippen LogP contribution in [0, 0.1) is 6.92 Å². The molecule has 2 amide bonds. The second-order valence-electron chi connectivity index (χ2n) is 8.16. The van der Waals surface area contributed by atoms with E-state index in [1.807, 2.05) is 30.3 Å². The van der Waals surface area contributed by atoms with E-state index in [4.69, 9.17) is 11.6 Å². The molecule has 4 aromatic rings. The standard InChI is InChI=1S/C26H20ClN3O4S/c1-16-21(27)8-4-9-22(16)29-35(33,34)19-13-11-18(12-14-19)28-24(31)15-30-23-10-3-6-17-5-2-7-20(25(17)23)26(30)32/h2-14,29H,15H2,1H3,(H,28,31). The van der Waals surface area contributed by atoms with E-state index in [2.05, 4.69) is 10.0 Å². The summed E-state index contributed by atoms with van der Waals surface area (Å²) in [5, 5.41) is 4.96. The van der Waals surface area contributed by atoms with Crippen LogP contribution < -0.4 is 14.9 Å². The lowest BCUT2D eigenvalue weighted by atomic mass is 10.1. The molecule has 0 spiro atoms. The average Bonchev–Trinajstić information content (AvgIpc) is 3.10. The summed E-state index contributed by atoms with van der Waals surface area (Å²) in [7, 11) is -3.85. The fourth-order valence-electron chi connectivity index (χ4n) is 4.12. The first-order valence-corrected chi connectivity index (χ1v) is 12.6. The maximum absolute atomic E-state index is 12.9. The SMILES string of the molecule is Cc1c(Cl)cccc1NS(=O)(=O)c1ccc(NC(=O)CN2C(=O)c3cccc4cccc2c34)cc1. The number of rotatable bonds is 6. The fraction of sp³-hybridized carbons (Fsp3) is 0.0769. The van der Waals surface area contributed by atoms with Gasteiger partial charge in [0, 0.05) is 21.7 Å². The number of benzene rings is 4. The number of nitrogens with one attached hydrogen (secondary N) is 2. The van der Waals surface area contributed by atoms with Crippen LogP contribution in [0.25, 0.3) is 10.8 Å². The third-order valence-electron chi connectivity index (χ3n) is 5.91. The highest BCUT2D eigenvalue weighted by atomic mass is 35.5. The molecule has 0 aliphatic carbocycles. The van der Waals surface area contributed by atoms with Crippen molar-refractivity contribution >= 4 is 61.3 Å². The van der Waals surface area contributed by atoms with Crippen molar-refractivity contribution in [3.8, 4) is 0 Å². The van der Waals surface area contributed by atoms with Crippen LogP contribution in [0.4, 0.5) is 17.1 Å². The highest BCUT2D eigenvalue weighted by Crippen LogP contribution is 2.37. The van der Waals surface area contributed by atoms with Crippen LogP contribution >= 0.6 is 11.6 Å². The molecule has 0 radical (unpaired) electrons. The van der Waals surface area contributed by atoms with Crippen molar-refractivity contribution in [3.05, 3.63) is 95.0 Å². The zero-order valence-corrected chi connectivity index (χ0v) is 20.2. The lowest BCUT2D eigenvalue weighted by molar-refractivity contribution is -0.114. The summed E-state index contributed by atoms with van der Waals surface area (Å²) in [5.41, 5.74) is 2.69. The summed E-state index contributed by atoms with van der Waals surface area (Å²) >= 11 is 6.08. The largest absolute Gasteiger partial charge is 0.325 e. The molecule has 5 rings (SSSR count). The van der Waals surface area contributed by atoms with Gasteiger partial charge in [-0.15, -0.1) is 0 Å². The molecule has 0 atom stereocenters. The van der Waals surface area contributed by atoms with E-state index >= 15 is 0 Å². The van der Waals surface area contributed by atoms with Gasteiger partial charge in [-0.2, -0.15) is 0 Å². The third-order valence-corrected chi connectivity index (χ3v) is 7.70. The molecule has 0 unspecified atom stereocenters. The number of carbonyl (C=O) groups is 2. The Morgan fingerprint density at radius 3 is 2.37 bits per heavy atom. The van der Waals surface area contributed by atoms with E-state index in [0.29, 0.717) is 33.2 Å². The molecule has 9 heteroatoms. The lowest BCUT2D eigenvalue weighted by Crippen LogP contribution is -2.35. The van der Waals surface area contributed by atoms with Gasteiger partial charge in [0.15, 0.2) is 0 Å². The predicted octanol–water partition coefficient (Wildman–Crippen LogP) is 5.20. The van der Waals surface area contributed by atoms with Crippen molar-refractivity contribution in [1.82, 2.24) is 0 Å².